The third kappa shape index (κ3) is 4.25. The molecule has 29 heavy (non-hydrogen) atoms. The smallest absolute Gasteiger partial charge is 0.263 e. The first-order valence-corrected chi connectivity index (χ1v) is 12.3. The number of sulfonamides is 1. The Kier molecular flexibility index (Phi) is 5.77. The van der Waals surface area contributed by atoms with Gasteiger partial charge >= 0.3 is 0 Å². The normalized spacial score (nSPS) is 20.9. The lowest BCUT2D eigenvalue weighted by Crippen LogP contribution is -2.37. The molecule has 2 aromatic rings. The summed E-state index contributed by atoms with van der Waals surface area (Å²) in [5.41, 5.74) is 1.30. The molecule has 0 radical (unpaired) electrons. The number of hydrogen-bond acceptors (Lipinski definition) is 4. The van der Waals surface area contributed by atoms with Crippen LogP contribution in [0.15, 0.2) is 35.2 Å². The predicted molar refractivity (Wildman–Crippen MR) is 111 cm³/mol. The van der Waals surface area contributed by atoms with Crippen LogP contribution in [0.2, 0.25) is 0 Å². The van der Waals surface area contributed by atoms with Gasteiger partial charge in [-0.2, -0.15) is 4.31 Å². The minimum absolute atomic E-state index is 0.00177. The molecule has 5 nitrogen and oxygen atoms in total. The Bertz CT molecular complexity index is 1000. The van der Waals surface area contributed by atoms with Gasteiger partial charge in [0.25, 0.3) is 5.91 Å². The van der Waals surface area contributed by atoms with Gasteiger partial charge in [0.1, 0.15) is 5.82 Å². The molecule has 1 unspecified atom stereocenters. The quantitative estimate of drug-likeness (QED) is 0.739. The van der Waals surface area contributed by atoms with Gasteiger partial charge < -0.3 is 4.90 Å². The summed E-state index contributed by atoms with van der Waals surface area (Å²) in [6, 6.07) is 6.92. The fourth-order valence-electron chi connectivity index (χ4n) is 4.06. The molecule has 0 spiro atoms. The second-order valence-electron chi connectivity index (χ2n) is 7.91. The number of carbonyl (C=O) groups is 1. The lowest BCUT2D eigenvalue weighted by Gasteiger charge is -2.21. The molecule has 1 aromatic carbocycles. The average molecular weight is 437 g/mol. The van der Waals surface area contributed by atoms with Crippen LogP contribution in [0.4, 0.5) is 4.39 Å². The summed E-state index contributed by atoms with van der Waals surface area (Å²) in [7, 11) is -3.69. The van der Waals surface area contributed by atoms with Crippen molar-refractivity contribution in [3.63, 3.8) is 0 Å². The number of halogens is 1. The van der Waals surface area contributed by atoms with Crippen molar-refractivity contribution in [3.05, 3.63) is 51.5 Å². The van der Waals surface area contributed by atoms with Crippen LogP contribution in [0, 0.1) is 11.7 Å². The molecule has 8 heteroatoms. The van der Waals surface area contributed by atoms with E-state index in [1.165, 1.54) is 33.3 Å². The van der Waals surface area contributed by atoms with Crippen molar-refractivity contribution in [3.8, 4) is 0 Å². The van der Waals surface area contributed by atoms with Crippen LogP contribution in [0.5, 0.6) is 0 Å². The van der Waals surface area contributed by atoms with Gasteiger partial charge in [-0.25, -0.2) is 12.8 Å². The van der Waals surface area contributed by atoms with Gasteiger partial charge in [0.05, 0.1) is 9.77 Å². The topological polar surface area (TPSA) is 57.7 Å². The summed E-state index contributed by atoms with van der Waals surface area (Å²) in [6.07, 6.45) is 3.82. The first kappa shape index (κ1) is 20.5. The number of fused-ring (bicyclic) bond motifs is 1. The molecule has 1 fully saturated rings. The minimum atomic E-state index is -3.69. The monoisotopic (exact) mass is 436 g/mol. The first-order chi connectivity index (χ1) is 13.8. The number of carbonyl (C=O) groups excluding carboxylic acids is 1. The maximum atomic E-state index is 13.1. The Morgan fingerprint density at radius 3 is 2.66 bits per heavy atom. The van der Waals surface area contributed by atoms with E-state index in [1.807, 2.05) is 6.07 Å². The zero-order valence-corrected chi connectivity index (χ0v) is 18.1. The molecule has 1 atom stereocenters. The number of nitrogens with zero attached hydrogens (tertiary/aromatic N) is 2. The SMILES string of the molecule is CC1CCc2sc(C(=O)N3CCCN(S(=O)(=O)c4ccc(F)cc4)CC3)cc2C1. The molecule has 1 amide bonds. The highest BCUT2D eigenvalue weighted by Gasteiger charge is 2.30. The summed E-state index contributed by atoms with van der Waals surface area (Å²) in [6.45, 7) is 3.73. The van der Waals surface area contributed by atoms with Crippen molar-refractivity contribution in [2.45, 2.75) is 37.5 Å². The highest BCUT2D eigenvalue weighted by atomic mass is 32.2. The van der Waals surface area contributed by atoms with E-state index < -0.39 is 15.8 Å². The number of hydrogen-bond donors (Lipinski definition) is 0. The maximum absolute atomic E-state index is 13.1. The van der Waals surface area contributed by atoms with Gasteiger partial charge in [-0.05, 0) is 67.5 Å². The van der Waals surface area contributed by atoms with E-state index in [9.17, 15) is 17.6 Å². The number of amides is 1. The van der Waals surface area contributed by atoms with Crippen molar-refractivity contribution in [1.29, 1.82) is 0 Å². The second-order valence-corrected chi connectivity index (χ2v) is 11.0. The van der Waals surface area contributed by atoms with Crippen molar-refractivity contribution < 1.29 is 17.6 Å². The number of rotatable bonds is 3. The summed E-state index contributed by atoms with van der Waals surface area (Å²) >= 11 is 1.59. The molecule has 1 aliphatic heterocycles. The van der Waals surface area contributed by atoms with Gasteiger partial charge in [0.15, 0.2) is 0 Å². The third-order valence-corrected chi connectivity index (χ3v) is 8.87. The number of aryl methyl sites for hydroxylation is 1. The first-order valence-electron chi connectivity index (χ1n) is 10.0. The summed E-state index contributed by atoms with van der Waals surface area (Å²) < 4.78 is 40.3. The predicted octanol–water partition coefficient (Wildman–Crippen LogP) is 3.55. The fraction of sp³-hybridized carbons (Fsp3) is 0.476. The molecular formula is C21H25FN2O3S2. The Hall–Kier alpha value is -1.77. The summed E-state index contributed by atoms with van der Waals surface area (Å²) in [4.78, 5) is 17.0. The maximum Gasteiger partial charge on any atom is 0.263 e. The van der Waals surface area contributed by atoms with E-state index >= 15 is 0 Å². The Balaban J connectivity index is 1.46. The standard InChI is InChI=1S/C21H25FN2O3S2/c1-15-3-8-19-16(13-15)14-20(28-19)21(25)23-9-2-10-24(12-11-23)29(26,27)18-6-4-17(22)5-7-18/h4-7,14-15H,2-3,8-13H2,1H3. The molecule has 156 valence electrons. The Morgan fingerprint density at radius 2 is 1.90 bits per heavy atom. The molecule has 0 bridgehead atoms. The van der Waals surface area contributed by atoms with E-state index in [1.54, 1.807) is 16.2 Å². The van der Waals surface area contributed by atoms with Crippen LogP contribution in [0.3, 0.4) is 0 Å². The van der Waals surface area contributed by atoms with Gasteiger partial charge in [-0.1, -0.05) is 6.92 Å². The van der Waals surface area contributed by atoms with E-state index in [4.69, 9.17) is 0 Å². The Morgan fingerprint density at radius 1 is 1.14 bits per heavy atom. The molecule has 1 aliphatic carbocycles. The molecule has 0 N–H and O–H groups in total. The lowest BCUT2D eigenvalue weighted by molar-refractivity contribution is 0.0769. The fourth-order valence-corrected chi connectivity index (χ4v) is 6.71. The number of thiophene rings is 1. The van der Waals surface area contributed by atoms with Crippen LogP contribution in [0.25, 0.3) is 0 Å². The third-order valence-electron chi connectivity index (χ3n) is 5.73. The molecular weight excluding hydrogens is 411 g/mol. The van der Waals surface area contributed by atoms with Gasteiger partial charge in [0, 0.05) is 31.1 Å². The van der Waals surface area contributed by atoms with Crippen LogP contribution >= 0.6 is 11.3 Å². The van der Waals surface area contributed by atoms with Crippen LogP contribution < -0.4 is 0 Å². The van der Waals surface area contributed by atoms with E-state index in [0.29, 0.717) is 32.0 Å². The molecule has 1 saturated heterocycles. The highest BCUT2D eigenvalue weighted by Crippen LogP contribution is 2.33. The minimum Gasteiger partial charge on any atom is -0.337 e. The highest BCUT2D eigenvalue weighted by molar-refractivity contribution is 7.89. The lowest BCUT2D eigenvalue weighted by atomic mass is 9.90. The number of benzene rings is 1. The second kappa shape index (κ2) is 8.16. The van der Waals surface area contributed by atoms with Gasteiger partial charge in [0.2, 0.25) is 10.0 Å². The van der Waals surface area contributed by atoms with Crippen LogP contribution in [-0.4, -0.2) is 49.7 Å². The average Bonchev–Trinajstić information content (AvgIpc) is 2.94. The van der Waals surface area contributed by atoms with Crippen LogP contribution in [-0.2, 0) is 22.9 Å². The molecule has 0 saturated carbocycles. The van der Waals surface area contributed by atoms with E-state index in [2.05, 4.69) is 6.92 Å². The van der Waals surface area contributed by atoms with Crippen LogP contribution in [0.1, 0.15) is 39.9 Å². The Labute approximate surface area is 175 Å². The van der Waals surface area contributed by atoms with E-state index in [-0.39, 0.29) is 17.3 Å². The van der Waals surface area contributed by atoms with E-state index in [0.717, 1.165) is 29.9 Å². The molecule has 2 aliphatic rings. The van der Waals surface area contributed by atoms with Gasteiger partial charge in [-0.3, -0.25) is 4.79 Å². The summed E-state index contributed by atoms with van der Waals surface area (Å²) in [5, 5.41) is 0. The molecule has 1 aromatic heterocycles. The van der Waals surface area contributed by atoms with Crippen molar-refractivity contribution in [2.75, 3.05) is 26.2 Å². The zero-order valence-electron chi connectivity index (χ0n) is 16.4. The largest absolute Gasteiger partial charge is 0.337 e. The molecule has 2 heterocycles. The van der Waals surface area contributed by atoms with Gasteiger partial charge in [-0.15, -0.1) is 11.3 Å². The molecule has 4 rings (SSSR count). The summed E-state index contributed by atoms with van der Waals surface area (Å²) in [5.74, 6) is 0.186. The van der Waals surface area contributed by atoms with Crippen molar-refractivity contribution in [1.82, 2.24) is 9.21 Å². The van der Waals surface area contributed by atoms with Crippen molar-refractivity contribution >= 4 is 27.3 Å². The van der Waals surface area contributed by atoms with Crippen molar-refractivity contribution in [2.24, 2.45) is 5.92 Å². The zero-order chi connectivity index (χ0) is 20.6.